The number of rotatable bonds is 5. The van der Waals surface area contributed by atoms with Crippen LogP contribution in [-0.4, -0.2) is 54.2 Å². The fourth-order valence-corrected chi connectivity index (χ4v) is 5.60. The molecule has 1 aromatic heterocycles. The molecule has 168 valence electrons. The number of hydrogen-bond acceptors (Lipinski definition) is 5. The van der Waals surface area contributed by atoms with Crippen molar-refractivity contribution in [3.63, 3.8) is 0 Å². The Hall–Kier alpha value is -1.69. The van der Waals surface area contributed by atoms with Crippen molar-refractivity contribution < 1.29 is 26.7 Å². The Kier molecular flexibility index (Phi) is 5.82. The number of hydrogen-bond donors (Lipinski definition) is 2. The molecule has 2 N–H and O–H groups in total. The van der Waals surface area contributed by atoms with Gasteiger partial charge < -0.3 is 10.4 Å². The lowest BCUT2D eigenvalue weighted by molar-refractivity contribution is -0.160. The number of pyridine rings is 1. The molecule has 1 aromatic carbocycles. The Balaban J connectivity index is 1.40. The first-order valence-corrected chi connectivity index (χ1v) is 12.0. The minimum absolute atomic E-state index is 0.0645. The molecule has 31 heavy (non-hydrogen) atoms. The van der Waals surface area contributed by atoms with E-state index in [9.17, 15) is 26.7 Å². The zero-order chi connectivity index (χ0) is 22.4. The standard InChI is InChI=1S/C20H21BrF3N3O3S/c21-14-2-4-15(5-3-14)31(29,30)27-10-7-16(17(28)12-27)26-18-6-1-13(11-25-18)19(8-9-19)20(22,23)24/h1-6,11,16-17,28H,7-10,12H2,(H,25,26)/t16-,17+/m1/s1. The molecule has 0 radical (unpaired) electrons. The molecule has 1 aliphatic carbocycles. The predicted molar refractivity (Wildman–Crippen MR) is 112 cm³/mol. The van der Waals surface area contributed by atoms with Gasteiger partial charge in [0.25, 0.3) is 0 Å². The molecule has 0 amide bonds. The highest BCUT2D eigenvalue weighted by molar-refractivity contribution is 9.10. The van der Waals surface area contributed by atoms with Gasteiger partial charge in [-0.3, -0.25) is 0 Å². The highest BCUT2D eigenvalue weighted by atomic mass is 79.9. The van der Waals surface area contributed by atoms with E-state index < -0.39 is 33.8 Å². The van der Waals surface area contributed by atoms with Crippen LogP contribution >= 0.6 is 15.9 Å². The Morgan fingerprint density at radius 2 is 1.84 bits per heavy atom. The lowest BCUT2D eigenvalue weighted by atomic mass is 9.97. The molecule has 0 unspecified atom stereocenters. The molecule has 2 aromatic rings. The highest BCUT2D eigenvalue weighted by Crippen LogP contribution is 2.58. The summed E-state index contributed by atoms with van der Waals surface area (Å²) in [4.78, 5) is 4.24. The average molecular weight is 520 g/mol. The van der Waals surface area contributed by atoms with E-state index in [4.69, 9.17) is 0 Å². The smallest absolute Gasteiger partial charge is 0.390 e. The number of benzene rings is 1. The Labute approximate surface area is 186 Å². The van der Waals surface area contributed by atoms with Gasteiger partial charge in [0.2, 0.25) is 10.0 Å². The number of anilines is 1. The van der Waals surface area contributed by atoms with Crippen molar-refractivity contribution in [2.24, 2.45) is 0 Å². The molecule has 6 nitrogen and oxygen atoms in total. The van der Waals surface area contributed by atoms with Crippen molar-refractivity contribution in [2.45, 2.75) is 47.9 Å². The van der Waals surface area contributed by atoms with E-state index >= 15 is 0 Å². The second-order valence-corrected chi connectivity index (χ2v) is 10.8. The fourth-order valence-electron chi connectivity index (χ4n) is 3.86. The summed E-state index contributed by atoms with van der Waals surface area (Å²) in [7, 11) is -3.73. The minimum atomic E-state index is -4.30. The molecular weight excluding hydrogens is 499 g/mol. The maximum atomic E-state index is 13.2. The summed E-state index contributed by atoms with van der Waals surface area (Å²) in [5.74, 6) is 0.343. The van der Waals surface area contributed by atoms with Crippen molar-refractivity contribution in [1.29, 1.82) is 0 Å². The van der Waals surface area contributed by atoms with Crippen LogP contribution in [0.2, 0.25) is 0 Å². The van der Waals surface area contributed by atoms with Crippen LogP contribution in [0.15, 0.2) is 52.0 Å². The van der Waals surface area contributed by atoms with Gasteiger partial charge in [0, 0.05) is 23.8 Å². The highest BCUT2D eigenvalue weighted by Gasteiger charge is 2.64. The van der Waals surface area contributed by atoms with Crippen molar-refractivity contribution in [2.75, 3.05) is 18.4 Å². The lowest BCUT2D eigenvalue weighted by Crippen LogP contribution is -2.51. The number of alkyl halides is 3. The normalized spacial score (nSPS) is 24.0. The zero-order valence-electron chi connectivity index (χ0n) is 16.3. The molecule has 1 saturated carbocycles. The number of aliphatic hydroxyl groups excluding tert-OH is 1. The van der Waals surface area contributed by atoms with Crippen molar-refractivity contribution in [1.82, 2.24) is 9.29 Å². The van der Waals surface area contributed by atoms with Gasteiger partial charge in [-0.2, -0.15) is 17.5 Å². The molecular formula is C20H21BrF3N3O3S. The van der Waals surface area contributed by atoms with E-state index in [0.29, 0.717) is 12.2 Å². The van der Waals surface area contributed by atoms with Crippen LogP contribution < -0.4 is 5.32 Å². The van der Waals surface area contributed by atoms with Crippen molar-refractivity contribution in [3.8, 4) is 0 Å². The van der Waals surface area contributed by atoms with Crippen LogP contribution in [0.5, 0.6) is 0 Å². The van der Waals surface area contributed by atoms with Gasteiger partial charge in [0.1, 0.15) is 5.82 Å². The van der Waals surface area contributed by atoms with Crippen LogP contribution in [0.4, 0.5) is 19.0 Å². The number of piperidine rings is 1. The summed E-state index contributed by atoms with van der Waals surface area (Å²) in [5.41, 5.74) is -1.65. The predicted octanol–water partition coefficient (Wildman–Crippen LogP) is 3.67. The van der Waals surface area contributed by atoms with Crippen LogP contribution in [0.3, 0.4) is 0 Å². The first-order chi connectivity index (χ1) is 14.5. The summed E-state index contributed by atoms with van der Waals surface area (Å²) in [6.45, 7) is 0.105. The Bertz CT molecular complexity index is 1040. The van der Waals surface area contributed by atoms with Gasteiger partial charge in [-0.25, -0.2) is 13.4 Å². The van der Waals surface area contributed by atoms with Gasteiger partial charge in [0.05, 0.1) is 22.5 Å². The molecule has 4 rings (SSSR count). The summed E-state index contributed by atoms with van der Waals surface area (Å²) in [6.07, 6.45) is -3.61. The number of β-amino-alcohol motifs (C(OH)–C–C–N with tert-alkyl or cyclic N) is 1. The molecule has 1 saturated heterocycles. The van der Waals surface area contributed by atoms with Crippen molar-refractivity contribution in [3.05, 3.63) is 52.6 Å². The van der Waals surface area contributed by atoms with E-state index in [-0.39, 0.29) is 36.4 Å². The minimum Gasteiger partial charge on any atom is -0.390 e. The molecule has 2 heterocycles. The molecule has 2 fully saturated rings. The summed E-state index contributed by atoms with van der Waals surface area (Å²) in [5, 5.41) is 13.5. The second-order valence-electron chi connectivity index (χ2n) is 7.94. The SMILES string of the molecule is O=S(=O)(c1ccc(Br)cc1)N1CC[C@@H](Nc2ccc(C3(C(F)(F)F)CC3)cn2)[C@@H](O)C1. The van der Waals surface area contributed by atoms with Crippen LogP contribution in [-0.2, 0) is 15.4 Å². The van der Waals surface area contributed by atoms with E-state index in [0.717, 1.165) is 4.47 Å². The average Bonchev–Trinajstić information content (AvgIpc) is 3.52. The van der Waals surface area contributed by atoms with Gasteiger partial charge >= 0.3 is 6.18 Å². The maximum Gasteiger partial charge on any atom is 0.398 e. The monoisotopic (exact) mass is 519 g/mol. The summed E-state index contributed by atoms with van der Waals surface area (Å²) in [6, 6.07) is 8.68. The Morgan fingerprint density at radius 1 is 1.16 bits per heavy atom. The summed E-state index contributed by atoms with van der Waals surface area (Å²) < 4.78 is 67.3. The first kappa shape index (κ1) is 22.5. The fraction of sp³-hybridized carbons (Fsp3) is 0.450. The van der Waals surface area contributed by atoms with Gasteiger partial charge in [-0.15, -0.1) is 0 Å². The third kappa shape index (κ3) is 4.33. The number of sulfonamides is 1. The topological polar surface area (TPSA) is 82.5 Å². The van der Waals surface area contributed by atoms with Crippen LogP contribution in [0.25, 0.3) is 0 Å². The van der Waals surface area contributed by atoms with E-state index in [1.807, 2.05) is 0 Å². The number of nitrogens with zero attached hydrogens (tertiary/aromatic N) is 2. The van der Waals surface area contributed by atoms with Crippen LogP contribution in [0, 0.1) is 0 Å². The molecule has 2 atom stereocenters. The molecule has 0 bridgehead atoms. The molecule has 1 aliphatic heterocycles. The largest absolute Gasteiger partial charge is 0.398 e. The molecule has 2 aliphatic rings. The summed E-state index contributed by atoms with van der Waals surface area (Å²) >= 11 is 3.27. The van der Waals surface area contributed by atoms with E-state index in [1.165, 1.54) is 34.8 Å². The number of aromatic nitrogens is 1. The number of aliphatic hydroxyl groups is 1. The zero-order valence-corrected chi connectivity index (χ0v) is 18.7. The van der Waals surface area contributed by atoms with Crippen molar-refractivity contribution >= 4 is 31.8 Å². The third-order valence-electron chi connectivity index (χ3n) is 5.94. The van der Waals surface area contributed by atoms with Crippen LogP contribution in [0.1, 0.15) is 24.8 Å². The third-order valence-corrected chi connectivity index (χ3v) is 8.35. The van der Waals surface area contributed by atoms with E-state index in [1.54, 1.807) is 12.1 Å². The lowest BCUT2D eigenvalue weighted by Gasteiger charge is -2.35. The Morgan fingerprint density at radius 3 is 2.35 bits per heavy atom. The van der Waals surface area contributed by atoms with Gasteiger partial charge in [-0.1, -0.05) is 22.0 Å². The number of nitrogens with one attached hydrogen (secondary N) is 1. The first-order valence-electron chi connectivity index (χ1n) is 9.76. The second kappa shape index (κ2) is 8.02. The molecule has 11 heteroatoms. The number of halogens is 4. The quantitative estimate of drug-likeness (QED) is 0.629. The molecule has 0 spiro atoms. The van der Waals surface area contributed by atoms with E-state index in [2.05, 4.69) is 26.2 Å². The van der Waals surface area contributed by atoms with Gasteiger partial charge in [0.15, 0.2) is 0 Å². The van der Waals surface area contributed by atoms with Gasteiger partial charge in [-0.05, 0) is 55.2 Å². The maximum absolute atomic E-state index is 13.2.